The molecule has 2 rings (SSSR count). The van der Waals surface area contributed by atoms with E-state index in [1.54, 1.807) is 6.20 Å². The van der Waals surface area contributed by atoms with Gasteiger partial charge in [-0.2, -0.15) is 0 Å². The summed E-state index contributed by atoms with van der Waals surface area (Å²) in [6.07, 6.45) is 1.78. The molecule has 0 fully saturated rings. The van der Waals surface area contributed by atoms with Crippen LogP contribution >= 0.6 is 0 Å². The summed E-state index contributed by atoms with van der Waals surface area (Å²) in [6, 6.07) is 10.3. The van der Waals surface area contributed by atoms with E-state index in [0.29, 0.717) is 6.54 Å². The SMILES string of the molecule is CNCc1nccc(NCc2cccc(C)c2)n1. The van der Waals surface area contributed by atoms with E-state index in [1.165, 1.54) is 11.1 Å². The van der Waals surface area contributed by atoms with Crippen LogP contribution < -0.4 is 10.6 Å². The molecule has 0 aliphatic carbocycles. The number of hydrogen-bond donors (Lipinski definition) is 2. The molecular formula is C14H18N4. The van der Waals surface area contributed by atoms with Crippen molar-refractivity contribution in [2.24, 2.45) is 0 Å². The summed E-state index contributed by atoms with van der Waals surface area (Å²) in [6.45, 7) is 3.55. The van der Waals surface area contributed by atoms with Gasteiger partial charge in [-0.05, 0) is 25.6 Å². The average molecular weight is 242 g/mol. The van der Waals surface area contributed by atoms with Crippen LogP contribution in [0.25, 0.3) is 0 Å². The van der Waals surface area contributed by atoms with Gasteiger partial charge in [0.1, 0.15) is 11.6 Å². The summed E-state index contributed by atoms with van der Waals surface area (Å²) in [5.41, 5.74) is 2.52. The average Bonchev–Trinajstić information content (AvgIpc) is 2.37. The predicted molar refractivity (Wildman–Crippen MR) is 73.3 cm³/mol. The van der Waals surface area contributed by atoms with Crippen molar-refractivity contribution in [1.29, 1.82) is 0 Å². The van der Waals surface area contributed by atoms with Gasteiger partial charge in [-0.1, -0.05) is 29.8 Å². The van der Waals surface area contributed by atoms with Crippen LogP contribution in [0.1, 0.15) is 17.0 Å². The third kappa shape index (κ3) is 3.53. The molecule has 1 aromatic carbocycles. The molecule has 0 radical (unpaired) electrons. The molecule has 1 heterocycles. The molecule has 0 aliphatic heterocycles. The van der Waals surface area contributed by atoms with Crippen molar-refractivity contribution in [3.63, 3.8) is 0 Å². The topological polar surface area (TPSA) is 49.8 Å². The maximum atomic E-state index is 4.42. The molecule has 0 spiro atoms. The van der Waals surface area contributed by atoms with Gasteiger partial charge in [0.25, 0.3) is 0 Å². The highest BCUT2D eigenvalue weighted by molar-refractivity contribution is 5.35. The number of nitrogens with zero attached hydrogens (tertiary/aromatic N) is 2. The van der Waals surface area contributed by atoms with Crippen molar-refractivity contribution in [3.05, 3.63) is 53.5 Å². The Bertz CT molecular complexity index is 511. The first-order valence-corrected chi connectivity index (χ1v) is 6.04. The summed E-state index contributed by atoms with van der Waals surface area (Å²) < 4.78 is 0. The summed E-state index contributed by atoms with van der Waals surface area (Å²) in [4.78, 5) is 8.60. The van der Waals surface area contributed by atoms with Crippen LogP contribution in [0, 0.1) is 6.92 Å². The van der Waals surface area contributed by atoms with Gasteiger partial charge in [0.15, 0.2) is 0 Å². The molecule has 18 heavy (non-hydrogen) atoms. The Morgan fingerprint density at radius 2 is 2.06 bits per heavy atom. The zero-order valence-electron chi connectivity index (χ0n) is 10.8. The molecule has 0 saturated heterocycles. The minimum atomic E-state index is 0.681. The van der Waals surface area contributed by atoms with Crippen molar-refractivity contribution < 1.29 is 0 Å². The Balaban J connectivity index is 1.99. The van der Waals surface area contributed by atoms with Crippen molar-refractivity contribution in [3.8, 4) is 0 Å². The third-order valence-electron chi connectivity index (χ3n) is 2.60. The van der Waals surface area contributed by atoms with E-state index in [2.05, 4.69) is 51.8 Å². The molecule has 4 heteroatoms. The smallest absolute Gasteiger partial charge is 0.144 e. The van der Waals surface area contributed by atoms with E-state index in [9.17, 15) is 0 Å². The molecule has 0 saturated carbocycles. The molecule has 1 aromatic heterocycles. The fourth-order valence-corrected chi connectivity index (χ4v) is 1.76. The quantitative estimate of drug-likeness (QED) is 0.843. The largest absolute Gasteiger partial charge is 0.366 e. The third-order valence-corrected chi connectivity index (χ3v) is 2.60. The lowest BCUT2D eigenvalue weighted by Gasteiger charge is -2.07. The van der Waals surface area contributed by atoms with E-state index in [4.69, 9.17) is 0 Å². The van der Waals surface area contributed by atoms with Crippen molar-refractivity contribution >= 4 is 5.82 Å². The van der Waals surface area contributed by atoms with Crippen LogP contribution in [0.15, 0.2) is 36.5 Å². The number of benzene rings is 1. The van der Waals surface area contributed by atoms with Gasteiger partial charge in [-0.25, -0.2) is 9.97 Å². The lowest BCUT2D eigenvalue weighted by atomic mass is 10.1. The number of nitrogens with one attached hydrogen (secondary N) is 2. The van der Waals surface area contributed by atoms with Gasteiger partial charge in [-0.3, -0.25) is 0 Å². The van der Waals surface area contributed by atoms with Crippen molar-refractivity contribution in [2.45, 2.75) is 20.0 Å². The Labute approximate surface area is 107 Å². The molecule has 4 nitrogen and oxygen atoms in total. The van der Waals surface area contributed by atoms with Gasteiger partial charge in [0.05, 0.1) is 6.54 Å². The molecule has 0 bridgehead atoms. The number of rotatable bonds is 5. The minimum Gasteiger partial charge on any atom is -0.366 e. The van der Waals surface area contributed by atoms with Crippen LogP contribution in [0.4, 0.5) is 5.82 Å². The van der Waals surface area contributed by atoms with E-state index in [1.807, 2.05) is 13.1 Å². The lowest BCUT2D eigenvalue weighted by Crippen LogP contribution is -2.10. The number of hydrogen-bond acceptors (Lipinski definition) is 4. The zero-order chi connectivity index (χ0) is 12.8. The van der Waals surface area contributed by atoms with Gasteiger partial charge >= 0.3 is 0 Å². The van der Waals surface area contributed by atoms with Gasteiger partial charge in [0.2, 0.25) is 0 Å². The van der Waals surface area contributed by atoms with E-state index in [-0.39, 0.29) is 0 Å². The molecule has 2 aromatic rings. The van der Waals surface area contributed by atoms with E-state index in [0.717, 1.165) is 18.2 Å². The van der Waals surface area contributed by atoms with Gasteiger partial charge in [0, 0.05) is 12.7 Å². The number of aromatic nitrogens is 2. The molecule has 2 N–H and O–H groups in total. The normalized spacial score (nSPS) is 10.3. The number of anilines is 1. The first-order chi connectivity index (χ1) is 8.78. The van der Waals surface area contributed by atoms with Gasteiger partial charge in [-0.15, -0.1) is 0 Å². The van der Waals surface area contributed by atoms with Crippen LogP contribution in [-0.2, 0) is 13.1 Å². The second-order valence-corrected chi connectivity index (χ2v) is 4.23. The molecule has 0 aliphatic rings. The molecule has 0 unspecified atom stereocenters. The van der Waals surface area contributed by atoms with E-state index < -0.39 is 0 Å². The Hall–Kier alpha value is -1.94. The minimum absolute atomic E-state index is 0.681. The molecule has 0 atom stereocenters. The van der Waals surface area contributed by atoms with Crippen LogP contribution in [0.2, 0.25) is 0 Å². The number of aryl methyl sites for hydroxylation is 1. The standard InChI is InChI=1S/C14H18N4/c1-11-4-3-5-12(8-11)9-17-13-6-7-16-14(18-13)10-15-2/h3-8,15H,9-10H2,1-2H3,(H,16,17,18). The second kappa shape index (κ2) is 6.12. The Kier molecular flexibility index (Phi) is 4.25. The second-order valence-electron chi connectivity index (χ2n) is 4.23. The maximum absolute atomic E-state index is 4.42. The van der Waals surface area contributed by atoms with Gasteiger partial charge < -0.3 is 10.6 Å². The summed E-state index contributed by atoms with van der Waals surface area (Å²) in [7, 11) is 1.89. The summed E-state index contributed by atoms with van der Waals surface area (Å²) in [5, 5.41) is 6.35. The summed E-state index contributed by atoms with van der Waals surface area (Å²) >= 11 is 0. The Morgan fingerprint density at radius 1 is 1.17 bits per heavy atom. The molecule has 94 valence electrons. The maximum Gasteiger partial charge on any atom is 0.144 e. The lowest BCUT2D eigenvalue weighted by molar-refractivity contribution is 0.758. The highest BCUT2D eigenvalue weighted by Crippen LogP contribution is 2.08. The molecule has 0 amide bonds. The van der Waals surface area contributed by atoms with Crippen LogP contribution in [-0.4, -0.2) is 17.0 Å². The first-order valence-electron chi connectivity index (χ1n) is 6.04. The van der Waals surface area contributed by atoms with Crippen molar-refractivity contribution in [1.82, 2.24) is 15.3 Å². The van der Waals surface area contributed by atoms with Crippen LogP contribution in [0.5, 0.6) is 0 Å². The van der Waals surface area contributed by atoms with Crippen LogP contribution in [0.3, 0.4) is 0 Å². The van der Waals surface area contributed by atoms with Crippen molar-refractivity contribution in [2.75, 3.05) is 12.4 Å². The predicted octanol–water partition coefficient (Wildman–Crippen LogP) is 2.12. The summed E-state index contributed by atoms with van der Waals surface area (Å²) in [5.74, 6) is 1.66. The highest BCUT2D eigenvalue weighted by Gasteiger charge is 1.98. The Morgan fingerprint density at radius 3 is 2.83 bits per heavy atom. The monoisotopic (exact) mass is 242 g/mol. The first kappa shape index (κ1) is 12.5. The molecular weight excluding hydrogens is 224 g/mol. The highest BCUT2D eigenvalue weighted by atomic mass is 15.0. The zero-order valence-corrected chi connectivity index (χ0v) is 10.8. The fraction of sp³-hybridized carbons (Fsp3) is 0.286. The van der Waals surface area contributed by atoms with E-state index >= 15 is 0 Å². The fourth-order valence-electron chi connectivity index (χ4n) is 1.76.